The molecule has 0 aliphatic heterocycles. The number of thioether (sulfide) groups is 2. The molecule has 9 heteroatoms. The van der Waals surface area contributed by atoms with E-state index >= 15 is 0 Å². The molecule has 3 N–H and O–H groups in total. The van der Waals surface area contributed by atoms with Crippen LogP contribution in [0.15, 0.2) is 22.2 Å². The number of aliphatic imine (C=N–C) groups is 1. The topological polar surface area (TPSA) is 95.3 Å². The second kappa shape index (κ2) is 13.9. The standard InChI is InChI=1S/C25H40N6OS2/c1-8-19(25(5,6)32)10-12-28-23-20(16-34-21-11-13-27-18(4)22(21)26-7)17(3)30-24(31-23)29-14-15-33-9-2/h11,13,19,32H,7-10,12,14-16H2,1-6H3,(H2,28,29,30,31). The van der Waals surface area contributed by atoms with Gasteiger partial charge in [-0.25, -0.2) is 4.98 Å². The summed E-state index contributed by atoms with van der Waals surface area (Å²) in [6.07, 6.45) is 3.59. The van der Waals surface area contributed by atoms with Gasteiger partial charge in [-0.15, -0.1) is 11.8 Å². The van der Waals surface area contributed by atoms with E-state index in [1.165, 1.54) is 0 Å². The number of aliphatic hydroxyl groups is 1. The minimum absolute atomic E-state index is 0.213. The predicted octanol–water partition coefficient (Wildman–Crippen LogP) is 5.88. The van der Waals surface area contributed by atoms with Gasteiger partial charge in [0.05, 0.1) is 17.0 Å². The van der Waals surface area contributed by atoms with Crippen LogP contribution in [0.25, 0.3) is 0 Å². The summed E-state index contributed by atoms with van der Waals surface area (Å²) in [7, 11) is 0. The van der Waals surface area contributed by atoms with Crippen LogP contribution < -0.4 is 10.6 Å². The fourth-order valence-corrected chi connectivity index (χ4v) is 5.48. The average molecular weight is 505 g/mol. The minimum atomic E-state index is -0.701. The molecule has 0 fully saturated rings. The molecule has 1 unspecified atom stereocenters. The van der Waals surface area contributed by atoms with Crippen LogP contribution in [0.5, 0.6) is 0 Å². The molecule has 0 aromatic carbocycles. The molecule has 0 saturated carbocycles. The van der Waals surface area contributed by atoms with E-state index in [0.717, 1.165) is 70.8 Å². The zero-order valence-corrected chi connectivity index (χ0v) is 23.1. The maximum atomic E-state index is 10.5. The Morgan fingerprint density at radius 2 is 1.91 bits per heavy atom. The molecule has 1 atom stereocenters. The summed E-state index contributed by atoms with van der Waals surface area (Å²) in [5, 5.41) is 17.4. The molecule has 0 aliphatic rings. The Labute approximate surface area is 213 Å². The molecule has 34 heavy (non-hydrogen) atoms. The van der Waals surface area contributed by atoms with Crippen molar-refractivity contribution in [1.29, 1.82) is 0 Å². The van der Waals surface area contributed by atoms with Gasteiger partial charge < -0.3 is 15.7 Å². The molecule has 0 saturated heterocycles. The normalized spacial score (nSPS) is 12.4. The lowest BCUT2D eigenvalue weighted by atomic mass is 9.86. The number of aryl methyl sites for hydroxylation is 2. The van der Waals surface area contributed by atoms with Crippen LogP contribution in [-0.4, -0.2) is 57.0 Å². The van der Waals surface area contributed by atoms with Crippen LogP contribution in [0.1, 0.15) is 57.5 Å². The molecule has 188 valence electrons. The van der Waals surface area contributed by atoms with Gasteiger partial charge in [-0.3, -0.25) is 9.98 Å². The second-order valence-electron chi connectivity index (χ2n) is 8.75. The predicted molar refractivity (Wildman–Crippen MR) is 149 cm³/mol. The van der Waals surface area contributed by atoms with Crippen molar-refractivity contribution < 1.29 is 5.11 Å². The third-order valence-corrected chi connectivity index (χ3v) is 7.80. The van der Waals surface area contributed by atoms with Crippen LogP contribution in [0, 0.1) is 19.8 Å². The van der Waals surface area contributed by atoms with Crippen molar-refractivity contribution in [2.24, 2.45) is 10.9 Å². The van der Waals surface area contributed by atoms with E-state index in [1.807, 2.05) is 45.5 Å². The first-order chi connectivity index (χ1) is 16.2. The number of pyridine rings is 1. The number of anilines is 2. The number of nitrogens with one attached hydrogen (secondary N) is 2. The zero-order valence-electron chi connectivity index (χ0n) is 21.4. The van der Waals surface area contributed by atoms with Crippen molar-refractivity contribution in [3.63, 3.8) is 0 Å². The molecule has 0 amide bonds. The molecule has 0 spiro atoms. The fourth-order valence-electron chi connectivity index (χ4n) is 3.79. The van der Waals surface area contributed by atoms with Crippen LogP contribution in [0.3, 0.4) is 0 Å². The molecule has 0 aliphatic carbocycles. The average Bonchev–Trinajstić information content (AvgIpc) is 2.78. The molecular weight excluding hydrogens is 464 g/mol. The van der Waals surface area contributed by atoms with E-state index < -0.39 is 5.60 Å². The molecule has 7 nitrogen and oxygen atoms in total. The number of hydrogen-bond acceptors (Lipinski definition) is 9. The van der Waals surface area contributed by atoms with Crippen LogP contribution >= 0.6 is 23.5 Å². The van der Waals surface area contributed by atoms with Crippen molar-refractivity contribution >= 4 is 47.7 Å². The van der Waals surface area contributed by atoms with Gasteiger partial charge in [0.25, 0.3) is 0 Å². The molecule has 0 radical (unpaired) electrons. The fraction of sp³-hybridized carbons (Fsp3) is 0.600. The molecular formula is C25H40N6OS2. The highest BCUT2D eigenvalue weighted by atomic mass is 32.2. The summed E-state index contributed by atoms with van der Waals surface area (Å²) in [4.78, 5) is 19.1. The SMILES string of the molecule is C=Nc1c(SCc2c(C)nc(NCCSCC)nc2NCCC(CC)C(C)(C)O)ccnc1C. The summed E-state index contributed by atoms with van der Waals surface area (Å²) < 4.78 is 0. The van der Waals surface area contributed by atoms with Crippen LogP contribution in [0.2, 0.25) is 0 Å². The summed E-state index contributed by atoms with van der Waals surface area (Å²) in [5.74, 6) is 4.52. The highest BCUT2D eigenvalue weighted by molar-refractivity contribution is 7.99. The van der Waals surface area contributed by atoms with Gasteiger partial charge in [0.1, 0.15) is 5.82 Å². The van der Waals surface area contributed by atoms with Gasteiger partial charge in [0, 0.05) is 46.9 Å². The Bertz CT molecular complexity index is 932. The number of aromatic nitrogens is 3. The van der Waals surface area contributed by atoms with Crippen LogP contribution in [-0.2, 0) is 5.75 Å². The third-order valence-electron chi connectivity index (χ3n) is 5.82. The van der Waals surface area contributed by atoms with Crippen molar-refractivity contribution in [1.82, 2.24) is 15.0 Å². The third kappa shape index (κ3) is 8.43. The zero-order chi connectivity index (χ0) is 25.1. The summed E-state index contributed by atoms with van der Waals surface area (Å²) in [6, 6.07) is 1.97. The first-order valence-electron chi connectivity index (χ1n) is 11.9. The monoisotopic (exact) mass is 504 g/mol. The van der Waals surface area contributed by atoms with Gasteiger partial charge in [-0.05, 0) is 58.6 Å². The molecule has 2 heterocycles. The molecule has 2 aromatic rings. The van der Waals surface area contributed by atoms with E-state index in [1.54, 1.807) is 18.0 Å². The van der Waals surface area contributed by atoms with E-state index in [0.29, 0.717) is 11.7 Å². The number of rotatable bonds is 15. The quantitative estimate of drug-likeness (QED) is 0.157. The van der Waals surface area contributed by atoms with E-state index in [-0.39, 0.29) is 5.92 Å². The van der Waals surface area contributed by atoms with E-state index in [2.05, 4.69) is 41.2 Å². The lowest BCUT2D eigenvalue weighted by Crippen LogP contribution is -2.32. The van der Waals surface area contributed by atoms with E-state index in [9.17, 15) is 5.11 Å². The lowest BCUT2D eigenvalue weighted by Gasteiger charge is -2.28. The maximum Gasteiger partial charge on any atom is 0.224 e. The smallest absolute Gasteiger partial charge is 0.224 e. The molecule has 2 rings (SSSR count). The van der Waals surface area contributed by atoms with Crippen molar-refractivity contribution in [2.45, 2.75) is 70.6 Å². The largest absolute Gasteiger partial charge is 0.390 e. The Morgan fingerprint density at radius 1 is 1.15 bits per heavy atom. The molecule has 0 bridgehead atoms. The Balaban J connectivity index is 2.23. The summed E-state index contributed by atoms with van der Waals surface area (Å²) in [5.41, 5.74) is 3.01. The van der Waals surface area contributed by atoms with Crippen molar-refractivity contribution in [2.75, 3.05) is 35.2 Å². The first kappa shape index (κ1) is 28.4. The van der Waals surface area contributed by atoms with Gasteiger partial charge in [-0.2, -0.15) is 16.7 Å². The molecule has 2 aromatic heterocycles. The highest BCUT2D eigenvalue weighted by Crippen LogP contribution is 2.35. The van der Waals surface area contributed by atoms with Crippen LogP contribution in [0.4, 0.5) is 17.5 Å². The maximum absolute atomic E-state index is 10.5. The lowest BCUT2D eigenvalue weighted by molar-refractivity contribution is 0.0130. The minimum Gasteiger partial charge on any atom is -0.390 e. The Morgan fingerprint density at radius 3 is 2.56 bits per heavy atom. The summed E-state index contributed by atoms with van der Waals surface area (Å²) in [6.45, 7) is 17.3. The van der Waals surface area contributed by atoms with Gasteiger partial charge in [-0.1, -0.05) is 20.3 Å². The Kier molecular flexibility index (Phi) is 11.6. The highest BCUT2D eigenvalue weighted by Gasteiger charge is 2.24. The van der Waals surface area contributed by atoms with Crippen molar-refractivity contribution in [3.8, 4) is 0 Å². The second-order valence-corrected chi connectivity index (χ2v) is 11.2. The van der Waals surface area contributed by atoms with Crippen molar-refractivity contribution in [3.05, 3.63) is 29.2 Å². The van der Waals surface area contributed by atoms with Gasteiger partial charge in [0.2, 0.25) is 5.95 Å². The number of nitrogens with zero attached hydrogens (tertiary/aromatic N) is 4. The van der Waals surface area contributed by atoms with Gasteiger partial charge in [0.15, 0.2) is 0 Å². The summed E-state index contributed by atoms with van der Waals surface area (Å²) >= 11 is 3.58. The van der Waals surface area contributed by atoms with Gasteiger partial charge >= 0.3 is 0 Å². The Hall–Kier alpha value is -1.84. The first-order valence-corrected chi connectivity index (χ1v) is 14.1. The number of hydrogen-bond donors (Lipinski definition) is 3. The van der Waals surface area contributed by atoms with E-state index in [4.69, 9.17) is 9.97 Å².